The van der Waals surface area contributed by atoms with Gasteiger partial charge in [-0.3, -0.25) is 4.99 Å². The van der Waals surface area contributed by atoms with Crippen LogP contribution in [0.1, 0.15) is 36.2 Å². The van der Waals surface area contributed by atoms with Crippen molar-refractivity contribution in [3.8, 4) is 6.01 Å². The summed E-state index contributed by atoms with van der Waals surface area (Å²) in [4.78, 5) is 18.2. The molecule has 1 saturated heterocycles. The van der Waals surface area contributed by atoms with Gasteiger partial charge in [0.1, 0.15) is 12.4 Å². The van der Waals surface area contributed by atoms with Crippen LogP contribution < -0.4 is 9.64 Å². The molecular formula is C20H28N4O3S. The molecule has 28 heavy (non-hydrogen) atoms. The van der Waals surface area contributed by atoms with Gasteiger partial charge in [0.15, 0.2) is 0 Å². The van der Waals surface area contributed by atoms with Gasteiger partial charge in [0, 0.05) is 35.1 Å². The number of hydrogen-bond donors (Lipinski definition) is 1. The number of anilines is 1. The molecule has 1 N–H and O–H groups in total. The molecule has 0 amide bonds. The SMILES string of the molecule is CCc1ccc(CN=Cc2cc(N3CCOCC3)nc(OCC(C)(C)O)n2)s1. The summed E-state index contributed by atoms with van der Waals surface area (Å²) in [5.74, 6) is 0.787. The number of aromatic nitrogens is 2. The van der Waals surface area contributed by atoms with E-state index < -0.39 is 5.60 Å². The molecule has 0 spiro atoms. The zero-order valence-electron chi connectivity index (χ0n) is 16.7. The maximum absolute atomic E-state index is 9.92. The molecule has 0 aromatic carbocycles. The van der Waals surface area contributed by atoms with E-state index in [1.54, 1.807) is 31.4 Å². The lowest BCUT2D eigenvalue weighted by Gasteiger charge is -2.28. The number of aliphatic imine (C=N–C) groups is 1. The molecule has 152 valence electrons. The number of nitrogens with zero attached hydrogens (tertiary/aromatic N) is 4. The van der Waals surface area contributed by atoms with Crippen LogP contribution in [0.3, 0.4) is 0 Å². The Morgan fingerprint density at radius 3 is 2.71 bits per heavy atom. The van der Waals surface area contributed by atoms with Crippen molar-refractivity contribution in [1.29, 1.82) is 0 Å². The van der Waals surface area contributed by atoms with Gasteiger partial charge in [-0.1, -0.05) is 6.92 Å². The van der Waals surface area contributed by atoms with Crippen molar-refractivity contribution in [2.45, 2.75) is 39.3 Å². The van der Waals surface area contributed by atoms with Crippen LogP contribution in [-0.2, 0) is 17.7 Å². The molecule has 0 bridgehead atoms. The Balaban J connectivity index is 1.76. The van der Waals surface area contributed by atoms with Crippen LogP contribution in [0.4, 0.5) is 5.82 Å². The van der Waals surface area contributed by atoms with E-state index in [1.165, 1.54) is 9.75 Å². The molecule has 1 aliphatic rings. The van der Waals surface area contributed by atoms with Crippen molar-refractivity contribution in [2.24, 2.45) is 4.99 Å². The molecular weight excluding hydrogens is 376 g/mol. The van der Waals surface area contributed by atoms with Crippen molar-refractivity contribution in [1.82, 2.24) is 9.97 Å². The van der Waals surface area contributed by atoms with Crippen LogP contribution >= 0.6 is 11.3 Å². The Labute approximate surface area is 170 Å². The monoisotopic (exact) mass is 404 g/mol. The first kappa shape index (κ1) is 20.7. The fraction of sp³-hybridized carbons (Fsp3) is 0.550. The zero-order chi connectivity index (χ0) is 20.0. The Kier molecular flexibility index (Phi) is 6.98. The van der Waals surface area contributed by atoms with Crippen molar-refractivity contribution < 1.29 is 14.6 Å². The van der Waals surface area contributed by atoms with Crippen LogP contribution in [0.2, 0.25) is 0 Å². The predicted octanol–water partition coefficient (Wildman–Crippen LogP) is 2.71. The molecule has 2 aromatic rings. The van der Waals surface area contributed by atoms with Crippen molar-refractivity contribution in [3.63, 3.8) is 0 Å². The predicted molar refractivity (Wildman–Crippen MR) is 112 cm³/mol. The molecule has 2 aromatic heterocycles. The Hall–Kier alpha value is -2.03. The normalized spacial score (nSPS) is 15.4. The number of ether oxygens (including phenoxy) is 2. The highest BCUT2D eigenvalue weighted by molar-refractivity contribution is 7.11. The summed E-state index contributed by atoms with van der Waals surface area (Å²) in [6.07, 6.45) is 2.80. The summed E-state index contributed by atoms with van der Waals surface area (Å²) < 4.78 is 11.1. The molecule has 0 atom stereocenters. The van der Waals surface area contributed by atoms with Crippen LogP contribution in [0.15, 0.2) is 23.2 Å². The van der Waals surface area contributed by atoms with E-state index in [-0.39, 0.29) is 12.6 Å². The third kappa shape index (κ3) is 6.25. The van der Waals surface area contributed by atoms with Gasteiger partial charge in [0.25, 0.3) is 0 Å². The second kappa shape index (κ2) is 9.45. The molecule has 0 radical (unpaired) electrons. The largest absolute Gasteiger partial charge is 0.460 e. The van der Waals surface area contributed by atoms with Gasteiger partial charge < -0.3 is 19.5 Å². The molecule has 3 rings (SSSR count). The van der Waals surface area contributed by atoms with E-state index in [2.05, 4.69) is 38.9 Å². The quantitative estimate of drug-likeness (QED) is 0.682. The summed E-state index contributed by atoms with van der Waals surface area (Å²) in [6, 6.07) is 6.44. The van der Waals surface area contributed by atoms with E-state index in [0.29, 0.717) is 25.5 Å². The highest BCUT2D eigenvalue weighted by Crippen LogP contribution is 2.19. The van der Waals surface area contributed by atoms with Gasteiger partial charge in [-0.2, -0.15) is 9.97 Å². The number of hydrogen-bond acceptors (Lipinski definition) is 8. The van der Waals surface area contributed by atoms with Gasteiger partial charge in [-0.25, -0.2) is 0 Å². The number of aryl methyl sites for hydroxylation is 1. The topological polar surface area (TPSA) is 80.1 Å². The van der Waals surface area contributed by atoms with Gasteiger partial charge in [-0.15, -0.1) is 11.3 Å². The first-order valence-electron chi connectivity index (χ1n) is 9.57. The van der Waals surface area contributed by atoms with Crippen LogP contribution in [0.5, 0.6) is 6.01 Å². The van der Waals surface area contributed by atoms with E-state index >= 15 is 0 Å². The minimum absolute atomic E-state index is 0.116. The number of rotatable bonds is 8. The summed E-state index contributed by atoms with van der Waals surface area (Å²) in [5.41, 5.74) is -0.266. The van der Waals surface area contributed by atoms with Gasteiger partial charge in [0.2, 0.25) is 0 Å². The molecule has 8 heteroatoms. The average molecular weight is 405 g/mol. The minimum atomic E-state index is -0.956. The highest BCUT2D eigenvalue weighted by Gasteiger charge is 2.18. The zero-order valence-corrected chi connectivity index (χ0v) is 17.5. The molecule has 7 nitrogen and oxygen atoms in total. The van der Waals surface area contributed by atoms with Crippen molar-refractivity contribution >= 4 is 23.4 Å². The van der Waals surface area contributed by atoms with Gasteiger partial charge in [0.05, 0.1) is 31.1 Å². The van der Waals surface area contributed by atoms with Crippen LogP contribution in [0, 0.1) is 0 Å². The lowest BCUT2D eigenvalue weighted by molar-refractivity contribution is 0.0250. The summed E-state index contributed by atoms with van der Waals surface area (Å²) in [6.45, 7) is 9.16. The fourth-order valence-corrected chi connectivity index (χ4v) is 3.58. The molecule has 0 unspecified atom stereocenters. The Morgan fingerprint density at radius 2 is 2.04 bits per heavy atom. The third-order valence-corrected chi connectivity index (χ3v) is 5.35. The van der Waals surface area contributed by atoms with Crippen LogP contribution in [0.25, 0.3) is 0 Å². The molecule has 0 saturated carbocycles. The second-order valence-electron chi connectivity index (χ2n) is 7.33. The first-order valence-corrected chi connectivity index (χ1v) is 10.4. The Bertz CT molecular complexity index is 795. The van der Waals surface area contributed by atoms with Crippen LogP contribution in [-0.4, -0.2) is 59.8 Å². The molecule has 3 heterocycles. The Morgan fingerprint density at radius 1 is 1.29 bits per heavy atom. The fourth-order valence-electron chi connectivity index (χ4n) is 2.68. The van der Waals surface area contributed by atoms with E-state index in [9.17, 15) is 5.11 Å². The highest BCUT2D eigenvalue weighted by atomic mass is 32.1. The summed E-state index contributed by atoms with van der Waals surface area (Å²) in [7, 11) is 0. The van der Waals surface area contributed by atoms with E-state index in [0.717, 1.165) is 25.3 Å². The van der Waals surface area contributed by atoms with Crippen molar-refractivity contribution in [3.05, 3.63) is 33.6 Å². The maximum atomic E-state index is 9.92. The number of aliphatic hydroxyl groups is 1. The van der Waals surface area contributed by atoms with E-state index in [1.807, 2.05) is 6.07 Å². The number of thiophene rings is 1. The summed E-state index contributed by atoms with van der Waals surface area (Å²) >= 11 is 1.79. The lowest BCUT2D eigenvalue weighted by Crippen LogP contribution is -2.37. The van der Waals surface area contributed by atoms with Gasteiger partial charge >= 0.3 is 6.01 Å². The van der Waals surface area contributed by atoms with Gasteiger partial charge in [-0.05, 0) is 32.4 Å². The molecule has 1 aliphatic heterocycles. The molecule has 1 fully saturated rings. The average Bonchev–Trinajstić information content (AvgIpc) is 3.14. The van der Waals surface area contributed by atoms with Crippen molar-refractivity contribution in [2.75, 3.05) is 37.8 Å². The molecule has 0 aliphatic carbocycles. The standard InChI is InChI=1S/C20H28N4O3S/c1-4-16-5-6-17(28-16)13-21-12-15-11-18(24-7-9-26-10-8-24)23-19(22-15)27-14-20(2,3)25/h5-6,11-12,25H,4,7-10,13-14H2,1-3H3. The number of morpholine rings is 1. The minimum Gasteiger partial charge on any atom is -0.460 e. The smallest absolute Gasteiger partial charge is 0.319 e. The van der Waals surface area contributed by atoms with E-state index in [4.69, 9.17) is 9.47 Å². The maximum Gasteiger partial charge on any atom is 0.319 e. The summed E-state index contributed by atoms with van der Waals surface area (Å²) in [5, 5.41) is 9.92. The second-order valence-corrected chi connectivity index (χ2v) is 8.58. The third-order valence-electron chi connectivity index (χ3n) is 4.14. The first-order chi connectivity index (χ1) is 13.4. The lowest BCUT2D eigenvalue weighted by atomic mass is 10.2.